The lowest BCUT2D eigenvalue weighted by molar-refractivity contribution is 0.293. The maximum absolute atomic E-state index is 6.49. The number of aromatic nitrogens is 2. The van der Waals surface area contributed by atoms with Gasteiger partial charge in [-0.2, -0.15) is 0 Å². The minimum absolute atomic E-state index is 0.0625. The summed E-state index contributed by atoms with van der Waals surface area (Å²) in [6, 6.07) is 20.1. The molecule has 5 rings (SSSR count). The third kappa shape index (κ3) is 6.46. The molecular formula is C36H48N4O. The zero-order valence-electron chi connectivity index (χ0n) is 26.4. The van der Waals surface area contributed by atoms with Crippen molar-refractivity contribution in [3.05, 3.63) is 65.7 Å². The Balaban J connectivity index is 1.49. The third-order valence-corrected chi connectivity index (χ3v) is 8.27. The number of hydrogen-bond donors (Lipinski definition) is 1. The molecule has 1 aliphatic heterocycles. The van der Waals surface area contributed by atoms with Crippen LogP contribution < -0.4 is 9.64 Å². The van der Waals surface area contributed by atoms with E-state index in [2.05, 4.69) is 125 Å². The van der Waals surface area contributed by atoms with Crippen molar-refractivity contribution in [1.82, 2.24) is 14.9 Å². The summed E-state index contributed by atoms with van der Waals surface area (Å²) >= 11 is 0. The van der Waals surface area contributed by atoms with E-state index < -0.39 is 0 Å². The summed E-state index contributed by atoms with van der Waals surface area (Å²) in [6.45, 7) is 21.0. The first kappa shape index (κ1) is 29.2. The summed E-state index contributed by atoms with van der Waals surface area (Å²) in [5, 5.41) is 0. The van der Waals surface area contributed by atoms with E-state index in [-0.39, 0.29) is 10.8 Å². The predicted octanol–water partition coefficient (Wildman–Crippen LogP) is 8.42. The predicted molar refractivity (Wildman–Crippen MR) is 174 cm³/mol. The number of nitrogens with zero attached hydrogens (tertiary/aromatic N) is 3. The van der Waals surface area contributed by atoms with Gasteiger partial charge in [-0.3, -0.25) is 0 Å². The Morgan fingerprint density at radius 3 is 1.98 bits per heavy atom. The largest absolute Gasteiger partial charge is 0.493 e. The number of piperazine rings is 1. The molecule has 0 unspecified atom stereocenters. The van der Waals surface area contributed by atoms with Crippen LogP contribution in [-0.4, -0.2) is 54.7 Å². The molecule has 0 radical (unpaired) electrons. The number of likely N-dealkylation sites (N-methyl/N-ethyl adjacent to an activating group) is 1. The number of H-pyrrole nitrogens is 1. The highest BCUT2D eigenvalue weighted by molar-refractivity contribution is 5.85. The van der Waals surface area contributed by atoms with E-state index in [0.717, 1.165) is 73.8 Å². The molecule has 4 aromatic rings. The number of benzene rings is 3. The molecule has 0 spiro atoms. The van der Waals surface area contributed by atoms with Crippen molar-refractivity contribution in [2.75, 3.05) is 44.7 Å². The van der Waals surface area contributed by atoms with Crippen LogP contribution in [0.15, 0.2) is 54.6 Å². The molecule has 3 aromatic carbocycles. The van der Waals surface area contributed by atoms with E-state index in [1.807, 2.05) is 0 Å². The molecule has 1 fully saturated rings. The van der Waals surface area contributed by atoms with Gasteiger partial charge in [-0.1, -0.05) is 73.1 Å². The van der Waals surface area contributed by atoms with E-state index in [0.29, 0.717) is 0 Å². The lowest BCUT2D eigenvalue weighted by Crippen LogP contribution is -2.44. The van der Waals surface area contributed by atoms with Crippen molar-refractivity contribution in [1.29, 1.82) is 0 Å². The van der Waals surface area contributed by atoms with Crippen molar-refractivity contribution in [2.24, 2.45) is 0 Å². The van der Waals surface area contributed by atoms with Crippen molar-refractivity contribution in [2.45, 2.75) is 72.1 Å². The van der Waals surface area contributed by atoms with Crippen LogP contribution in [0, 0.1) is 0 Å². The number of hydrogen-bond acceptors (Lipinski definition) is 4. The van der Waals surface area contributed by atoms with Crippen LogP contribution in [0.5, 0.6) is 5.75 Å². The molecule has 0 aliphatic carbocycles. The summed E-state index contributed by atoms with van der Waals surface area (Å²) in [5.41, 5.74) is 9.21. The molecule has 2 heterocycles. The lowest BCUT2D eigenvalue weighted by Gasteiger charge is -2.34. The molecule has 218 valence electrons. The molecule has 5 nitrogen and oxygen atoms in total. The third-order valence-electron chi connectivity index (χ3n) is 8.27. The van der Waals surface area contributed by atoms with Crippen LogP contribution in [0.25, 0.3) is 33.5 Å². The number of aromatic amines is 1. The SMILES string of the molecule is CCCCOc1c(C(C)(C)C)cc(-c2nc3ccc(-c4ccc(N5CCN(C)CC5)cc4)cc3[nH]2)cc1C(C)(C)C. The quantitative estimate of drug-likeness (QED) is 0.234. The topological polar surface area (TPSA) is 44.4 Å². The van der Waals surface area contributed by atoms with Gasteiger partial charge in [0.15, 0.2) is 0 Å². The Kier molecular flexibility index (Phi) is 8.20. The van der Waals surface area contributed by atoms with E-state index in [4.69, 9.17) is 9.72 Å². The van der Waals surface area contributed by atoms with Gasteiger partial charge in [-0.25, -0.2) is 4.98 Å². The molecule has 0 atom stereocenters. The maximum Gasteiger partial charge on any atom is 0.138 e. The highest BCUT2D eigenvalue weighted by Gasteiger charge is 2.29. The number of anilines is 1. The minimum Gasteiger partial charge on any atom is -0.493 e. The van der Waals surface area contributed by atoms with Gasteiger partial charge >= 0.3 is 0 Å². The van der Waals surface area contributed by atoms with Crippen molar-refractivity contribution in [3.63, 3.8) is 0 Å². The second-order valence-corrected chi connectivity index (χ2v) is 13.8. The zero-order chi connectivity index (χ0) is 29.4. The van der Waals surface area contributed by atoms with E-state index >= 15 is 0 Å². The molecule has 41 heavy (non-hydrogen) atoms. The van der Waals surface area contributed by atoms with E-state index in [9.17, 15) is 0 Å². The first-order valence-electron chi connectivity index (χ1n) is 15.3. The number of rotatable bonds is 7. The molecule has 1 aliphatic rings. The van der Waals surface area contributed by atoms with Crippen LogP contribution in [0.4, 0.5) is 5.69 Å². The fourth-order valence-electron chi connectivity index (χ4n) is 5.61. The van der Waals surface area contributed by atoms with Gasteiger partial charge in [0.05, 0.1) is 17.6 Å². The normalized spacial score (nSPS) is 15.1. The average Bonchev–Trinajstić information content (AvgIpc) is 3.36. The fraction of sp³-hybridized carbons (Fsp3) is 0.472. The first-order valence-corrected chi connectivity index (χ1v) is 15.3. The summed E-state index contributed by atoms with van der Waals surface area (Å²) in [4.78, 5) is 13.6. The smallest absolute Gasteiger partial charge is 0.138 e. The summed E-state index contributed by atoms with van der Waals surface area (Å²) in [5.74, 6) is 1.94. The van der Waals surface area contributed by atoms with Gasteiger partial charge < -0.3 is 19.5 Å². The van der Waals surface area contributed by atoms with Crippen LogP contribution >= 0.6 is 0 Å². The molecule has 0 bridgehead atoms. The van der Waals surface area contributed by atoms with Crippen molar-refractivity contribution in [3.8, 4) is 28.3 Å². The van der Waals surface area contributed by atoms with Gasteiger partial charge in [-0.15, -0.1) is 0 Å². The Hall–Kier alpha value is -3.31. The Bertz CT molecular complexity index is 1440. The van der Waals surface area contributed by atoms with Crippen LogP contribution in [-0.2, 0) is 10.8 Å². The molecule has 0 saturated carbocycles. The number of imidazole rings is 1. The molecule has 5 heteroatoms. The molecule has 1 saturated heterocycles. The minimum atomic E-state index is -0.0625. The second-order valence-electron chi connectivity index (χ2n) is 13.8. The Morgan fingerprint density at radius 1 is 0.780 bits per heavy atom. The first-order chi connectivity index (χ1) is 19.4. The van der Waals surface area contributed by atoms with Gasteiger partial charge in [0.25, 0.3) is 0 Å². The maximum atomic E-state index is 6.49. The number of unbranched alkanes of at least 4 members (excludes halogenated alkanes) is 1. The van der Waals surface area contributed by atoms with E-state index in [1.54, 1.807) is 0 Å². The van der Waals surface area contributed by atoms with Crippen molar-refractivity contribution >= 4 is 16.7 Å². The van der Waals surface area contributed by atoms with Gasteiger partial charge in [0, 0.05) is 48.6 Å². The van der Waals surface area contributed by atoms with Crippen molar-refractivity contribution < 1.29 is 4.74 Å². The highest BCUT2D eigenvalue weighted by atomic mass is 16.5. The number of fused-ring (bicyclic) bond motifs is 1. The summed E-state index contributed by atoms with van der Waals surface area (Å²) in [6.07, 6.45) is 2.18. The van der Waals surface area contributed by atoms with Gasteiger partial charge in [0.1, 0.15) is 11.6 Å². The monoisotopic (exact) mass is 552 g/mol. The molecule has 1 aromatic heterocycles. The van der Waals surface area contributed by atoms with Gasteiger partial charge in [-0.05, 0) is 71.8 Å². The van der Waals surface area contributed by atoms with Crippen LogP contribution in [0.2, 0.25) is 0 Å². The lowest BCUT2D eigenvalue weighted by atomic mass is 9.78. The Labute approximate surface area is 246 Å². The van der Waals surface area contributed by atoms with Crippen LogP contribution in [0.1, 0.15) is 72.4 Å². The summed E-state index contributed by atoms with van der Waals surface area (Å²) in [7, 11) is 2.20. The van der Waals surface area contributed by atoms with Crippen LogP contribution in [0.3, 0.4) is 0 Å². The highest BCUT2D eigenvalue weighted by Crippen LogP contribution is 2.43. The zero-order valence-corrected chi connectivity index (χ0v) is 26.4. The average molecular weight is 553 g/mol. The standard InChI is InChI=1S/C36H48N4O/c1-9-10-21-41-33-29(35(2,3)4)22-27(23-30(33)36(5,6)7)34-37-31-16-13-26(24-32(31)38-34)25-11-14-28(15-12-25)40-19-17-39(8)18-20-40/h11-16,22-24H,9-10,17-21H2,1-8H3,(H,37,38). The Morgan fingerprint density at radius 2 is 1.39 bits per heavy atom. The number of ether oxygens (including phenoxy) is 1. The molecule has 0 amide bonds. The molecule has 1 N–H and O–H groups in total. The second kappa shape index (κ2) is 11.5. The molecular weight excluding hydrogens is 504 g/mol. The fourth-order valence-corrected chi connectivity index (χ4v) is 5.61. The van der Waals surface area contributed by atoms with Gasteiger partial charge in [0.2, 0.25) is 0 Å². The number of nitrogens with one attached hydrogen (secondary N) is 1. The van der Waals surface area contributed by atoms with E-state index in [1.165, 1.54) is 27.9 Å². The summed E-state index contributed by atoms with van der Waals surface area (Å²) < 4.78 is 6.49.